The normalized spacial score (nSPS) is 24.3. The first-order valence-electron chi connectivity index (χ1n) is 9.49. The van der Waals surface area contributed by atoms with Gasteiger partial charge >= 0.3 is 0 Å². The van der Waals surface area contributed by atoms with Crippen LogP contribution in [0.2, 0.25) is 10.0 Å². The first-order valence-corrected chi connectivity index (χ1v) is 10.2. The Morgan fingerprint density at radius 3 is 2.46 bits per heavy atom. The molecule has 0 aromatic heterocycles. The highest BCUT2D eigenvalue weighted by Crippen LogP contribution is 2.26. The molecule has 26 heavy (non-hydrogen) atoms. The lowest BCUT2D eigenvalue weighted by Gasteiger charge is -2.35. The first kappa shape index (κ1) is 19.5. The second kappa shape index (κ2) is 8.62. The van der Waals surface area contributed by atoms with Crippen molar-refractivity contribution in [3.63, 3.8) is 0 Å². The van der Waals surface area contributed by atoms with E-state index < -0.39 is 0 Å². The van der Waals surface area contributed by atoms with E-state index in [4.69, 9.17) is 23.2 Å². The topological polar surface area (TPSA) is 40.6 Å². The highest BCUT2D eigenvalue weighted by atomic mass is 35.5. The van der Waals surface area contributed by atoms with Gasteiger partial charge in [-0.25, -0.2) is 0 Å². The van der Waals surface area contributed by atoms with Crippen LogP contribution in [0.25, 0.3) is 0 Å². The van der Waals surface area contributed by atoms with Gasteiger partial charge in [0.2, 0.25) is 5.91 Å². The molecule has 1 aromatic carbocycles. The van der Waals surface area contributed by atoms with Crippen molar-refractivity contribution in [2.24, 2.45) is 11.8 Å². The molecule has 0 spiro atoms. The highest BCUT2D eigenvalue weighted by molar-refractivity contribution is 6.42. The smallest absolute Gasteiger partial charge is 0.253 e. The molecule has 6 heteroatoms. The van der Waals surface area contributed by atoms with E-state index in [9.17, 15) is 9.59 Å². The summed E-state index contributed by atoms with van der Waals surface area (Å²) in [5.74, 6) is 0.729. The molecular formula is C20H26Cl2N2O2. The van der Waals surface area contributed by atoms with Gasteiger partial charge in [0, 0.05) is 31.7 Å². The van der Waals surface area contributed by atoms with Gasteiger partial charge in [-0.1, -0.05) is 30.1 Å². The Bertz CT molecular complexity index is 680. The van der Waals surface area contributed by atoms with Crippen molar-refractivity contribution in [3.8, 4) is 0 Å². The zero-order valence-electron chi connectivity index (χ0n) is 15.2. The maximum Gasteiger partial charge on any atom is 0.253 e. The summed E-state index contributed by atoms with van der Waals surface area (Å²) in [6.45, 7) is 5.12. The van der Waals surface area contributed by atoms with Crippen LogP contribution < -0.4 is 0 Å². The minimum absolute atomic E-state index is 0.0782. The summed E-state index contributed by atoms with van der Waals surface area (Å²) in [7, 11) is 0. The van der Waals surface area contributed by atoms with E-state index in [-0.39, 0.29) is 17.7 Å². The van der Waals surface area contributed by atoms with Crippen molar-refractivity contribution < 1.29 is 9.59 Å². The molecule has 1 aromatic rings. The standard InChI is InChI=1S/C20H26Cl2N2O2/c1-14-4-2-9-23(11-8-14)20(26)16-5-3-10-24(13-16)19(25)15-6-7-17(21)18(22)12-15/h6-7,12,14,16H,2-5,8-11,13H2,1H3. The largest absolute Gasteiger partial charge is 0.342 e. The fraction of sp³-hybridized carbons (Fsp3) is 0.600. The van der Waals surface area contributed by atoms with Crippen LogP contribution in [0.15, 0.2) is 18.2 Å². The molecule has 2 aliphatic rings. The van der Waals surface area contributed by atoms with Gasteiger partial charge in [-0.15, -0.1) is 0 Å². The number of halogens is 2. The molecule has 0 saturated carbocycles. The van der Waals surface area contributed by atoms with Crippen molar-refractivity contribution in [3.05, 3.63) is 33.8 Å². The van der Waals surface area contributed by atoms with Crippen molar-refractivity contribution in [1.82, 2.24) is 9.80 Å². The van der Waals surface area contributed by atoms with Gasteiger partial charge in [0.15, 0.2) is 0 Å². The van der Waals surface area contributed by atoms with E-state index in [1.54, 1.807) is 23.1 Å². The maximum atomic E-state index is 13.0. The monoisotopic (exact) mass is 396 g/mol. The zero-order valence-corrected chi connectivity index (χ0v) is 16.7. The molecule has 3 rings (SSSR count). The Kier molecular flexibility index (Phi) is 6.46. The molecule has 2 amide bonds. The van der Waals surface area contributed by atoms with Crippen LogP contribution in [0.4, 0.5) is 0 Å². The molecule has 0 bridgehead atoms. The predicted molar refractivity (Wildman–Crippen MR) is 105 cm³/mol. The molecule has 2 unspecified atom stereocenters. The third kappa shape index (κ3) is 4.52. The lowest BCUT2D eigenvalue weighted by Crippen LogP contribution is -2.47. The summed E-state index contributed by atoms with van der Waals surface area (Å²) in [5, 5.41) is 0.811. The van der Waals surface area contributed by atoms with Crippen molar-refractivity contribution in [1.29, 1.82) is 0 Å². The van der Waals surface area contributed by atoms with E-state index in [1.165, 1.54) is 6.42 Å². The Labute approximate surface area is 165 Å². The Balaban J connectivity index is 1.65. The lowest BCUT2D eigenvalue weighted by atomic mass is 9.95. The van der Waals surface area contributed by atoms with E-state index in [2.05, 4.69) is 6.92 Å². The quantitative estimate of drug-likeness (QED) is 0.738. The number of benzene rings is 1. The summed E-state index contributed by atoms with van der Waals surface area (Å²) in [5.41, 5.74) is 0.524. The second-order valence-electron chi connectivity index (χ2n) is 7.58. The van der Waals surface area contributed by atoms with Crippen molar-refractivity contribution in [2.75, 3.05) is 26.2 Å². The third-order valence-electron chi connectivity index (χ3n) is 5.55. The van der Waals surface area contributed by atoms with Crippen LogP contribution in [-0.2, 0) is 4.79 Å². The third-order valence-corrected chi connectivity index (χ3v) is 6.29. The number of carbonyl (C=O) groups excluding carboxylic acids is 2. The molecule has 2 atom stereocenters. The van der Waals surface area contributed by atoms with Crippen LogP contribution >= 0.6 is 23.2 Å². The summed E-state index contributed by atoms with van der Waals surface area (Å²) in [6.07, 6.45) is 5.05. The first-order chi connectivity index (χ1) is 12.5. The number of hydrogen-bond donors (Lipinski definition) is 0. The Hall–Kier alpha value is -1.26. The highest BCUT2D eigenvalue weighted by Gasteiger charge is 2.32. The molecule has 4 nitrogen and oxygen atoms in total. The van der Waals surface area contributed by atoms with Gasteiger partial charge in [0.25, 0.3) is 5.91 Å². The molecule has 2 heterocycles. The molecule has 0 N–H and O–H groups in total. The van der Waals surface area contributed by atoms with Crippen molar-refractivity contribution >= 4 is 35.0 Å². The number of hydrogen-bond acceptors (Lipinski definition) is 2. The fourth-order valence-corrected chi connectivity index (χ4v) is 4.21. The van der Waals surface area contributed by atoms with E-state index in [1.807, 2.05) is 4.90 Å². The molecule has 2 saturated heterocycles. The molecular weight excluding hydrogens is 371 g/mol. The molecule has 2 fully saturated rings. The predicted octanol–water partition coefficient (Wildman–Crippen LogP) is 4.49. The van der Waals surface area contributed by atoms with Crippen LogP contribution in [0, 0.1) is 11.8 Å². The number of piperidine rings is 1. The van der Waals surface area contributed by atoms with Crippen LogP contribution in [0.5, 0.6) is 0 Å². The number of nitrogens with zero attached hydrogens (tertiary/aromatic N) is 2. The van der Waals surface area contributed by atoms with Crippen LogP contribution in [-0.4, -0.2) is 47.8 Å². The lowest BCUT2D eigenvalue weighted by molar-refractivity contribution is -0.136. The second-order valence-corrected chi connectivity index (χ2v) is 8.39. The Morgan fingerprint density at radius 2 is 1.69 bits per heavy atom. The van der Waals surface area contributed by atoms with Gasteiger partial charge in [-0.3, -0.25) is 9.59 Å². The van der Waals surface area contributed by atoms with Gasteiger partial charge in [-0.2, -0.15) is 0 Å². The van der Waals surface area contributed by atoms with Crippen molar-refractivity contribution in [2.45, 2.75) is 39.0 Å². The Morgan fingerprint density at radius 1 is 0.962 bits per heavy atom. The maximum absolute atomic E-state index is 13.0. The summed E-state index contributed by atoms with van der Waals surface area (Å²) in [6, 6.07) is 4.94. The van der Waals surface area contributed by atoms with Crippen LogP contribution in [0.3, 0.4) is 0 Å². The minimum atomic E-state index is -0.0936. The average molecular weight is 397 g/mol. The summed E-state index contributed by atoms with van der Waals surface area (Å²) < 4.78 is 0. The fourth-order valence-electron chi connectivity index (χ4n) is 3.92. The number of carbonyl (C=O) groups is 2. The van der Waals surface area contributed by atoms with Gasteiger partial charge < -0.3 is 9.80 Å². The van der Waals surface area contributed by atoms with Gasteiger partial charge in [0.1, 0.15) is 0 Å². The molecule has 0 aliphatic carbocycles. The summed E-state index contributed by atoms with van der Waals surface area (Å²) >= 11 is 12.0. The van der Waals surface area contributed by atoms with E-state index >= 15 is 0 Å². The van der Waals surface area contributed by atoms with Gasteiger partial charge in [0.05, 0.1) is 16.0 Å². The molecule has 0 radical (unpaired) electrons. The summed E-state index contributed by atoms with van der Waals surface area (Å²) in [4.78, 5) is 29.6. The van der Waals surface area contributed by atoms with Crippen LogP contribution in [0.1, 0.15) is 49.4 Å². The SMILES string of the molecule is CC1CCCN(C(=O)C2CCCN(C(=O)c3ccc(Cl)c(Cl)c3)C2)CC1. The average Bonchev–Trinajstić information content (AvgIpc) is 2.87. The number of rotatable bonds is 2. The van der Waals surface area contributed by atoms with E-state index in [0.717, 1.165) is 38.8 Å². The molecule has 2 aliphatic heterocycles. The zero-order chi connectivity index (χ0) is 18.7. The van der Waals surface area contributed by atoms with E-state index in [0.29, 0.717) is 34.6 Å². The minimum Gasteiger partial charge on any atom is -0.342 e. The molecule has 142 valence electrons. The van der Waals surface area contributed by atoms with Gasteiger partial charge in [-0.05, 0) is 56.2 Å². The number of likely N-dealkylation sites (tertiary alicyclic amines) is 2. The number of amides is 2.